The Morgan fingerprint density at radius 3 is 2.67 bits per heavy atom. The number of thiazole rings is 1. The summed E-state index contributed by atoms with van der Waals surface area (Å²) in [5, 5.41) is 15.7. The molecule has 2 aliphatic rings. The molecule has 1 aliphatic heterocycles. The topological polar surface area (TPSA) is 95.0 Å². The molecule has 0 spiro atoms. The van der Waals surface area contributed by atoms with Crippen LogP contribution in [0.3, 0.4) is 0 Å². The predicted molar refractivity (Wildman–Crippen MR) is 153 cm³/mol. The number of nitrogens with zero attached hydrogens (tertiary/aromatic N) is 3. The zero-order valence-corrected chi connectivity index (χ0v) is 23.5. The summed E-state index contributed by atoms with van der Waals surface area (Å²) in [6.45, 7) is 5.99. The van der Waals surface area contributed by atoms with Gasteiger partial charge in [-0.05, 0) is 57.0 Å². The molecule has 0 bridgehead atoms. The Kier molecular flexibility index (Phi) is 8.30. The number of carbonyl (C=O) groups excluding carboxylic acids is 2. The van der Waals surface area contributed by atoms with Crippen molar-refractivity contribution < 1.29 is 19.4 Å². The van der Waals surface area contributed by atoms with Crippen molar-refractivity contribution >= 4 is 28.8 Å². The van der Waals surface area contributed by atoms with E-state index in [9.17, 15) is 14.7 Å². The number of ether oxygens (including phenoxy) is 1. The number of nitrogens with one attached hydrogen (secondary N) is 1. The van der Waals surface area contributed by atoms with Gasteiger partial charge in [-0.25, -0.2) is 4.98 Å². The number of benzene rings is 2. The number of aliphatic hydroxyl groups is 1. The SMILES string of the molecule is C[C@@H]1CN([C@H](C)CO)C(=O)c2cccc(NC(=O)c3ccc(-c4nccs4)cc3)c2O[C@@H]1CN(C)CC1CC1. The number of anilines is 1. The van der Waals surface area contributed by atoms with Crippen LogP contribution >= 0.6 is 11.3 Å². The summed E-state index contributed by atoms with van der Waals surface area (Å²) in [6.07, 6.45) is 4.09. The Balaban J connectivity index is 1.43. The second kappa shape index (κ2) is 11.9. The van der Waals surface area contributed by atoms with E-state index in [1.807, 2.05) is 24.4 Å². The number of carbonyl (C=O) groups is 2. The number of fused-ring (bicyclic) bond motifs is 1. The Labute approximate surface area is 233 Å². The van der Waals surface area contributed by atoms with Crippen molar-refractivity contribution in [2.24, 2.45) is 11.8 Å². The van der Waals surface area contributed by atoms with Crippen LogP contribution < -0.4 is 10.1 Å². The van der Waals surface area contributed by atoms with Crippen LogP contribution in [0.4, 0.5) is 5.69 Å². The van der Waals surface area contributed by atoms with Gasteiger partial charge >= 0.3 is 0 Å². The van der Waals surface area contributed by atoms with Gasteiger partial charge in [0, 0.05) is 48.3 Å². The molecule has 0 unspecified atom stereocenters. The van der Waals surface area contributed by atoms with Crippen molar-refractivity contribution in [2.75, 3.05) is 38.6 Å². The number of hydrogen-bond donors (Lipinski definition) is 2. The van der Waals surface area contributed by atoms with Crippen LogP contribution in [0.5, 0.6) is 5.75 Å². The molecule has 5 rings (SSSR count). The molecule has 1 saturated carbocycles. The van der Waals surface area contributed by atoms with Crippen LogP contribution in [0.15, 0.2) is 54.0 Å². The average molecular weight is 549 g/mol. The lowest BCUT2D eigenvalue weighted by molar-refractivity contribution is 0.0345. The molecular weight excluding hydrogens is 512 g/mol. The first kappa shape index (κ1) is 27.3. The van der Waals surface area contributed by atoms with E-state index in [1.165, 1.54) is 12.8 Å². The molecule has 1 fully saturated rings. The van der Waals surface area contributed by atoms with Crippen molar-refractivity contribution in [3.8, 4) is 16.3 Å². The number of amides is 2. The zero-order valence-electron chi connectivity index (χ0n) is 22.7. The van der Waals surface area contributed by atoms with Gasteiger partial charge in [0.05, 0.1) is 23.9 Å². The quantitative estimate of drug-likeness (QED) is 0.405. The number of rotatable bonds is 9. The molecule has 0 radical (unpaired) electrons. The molecule has 39 heavy (non-hydrogen) atoms. The standard InChI is InChI=1S/C30H36N4O4S/c1-19-15-34(20(2)18-35)30(37)24-5-4-6-25(27(24)38-26(19)17-33(3)16-21-7-8-21)32-28(36)22-9-11-23(12-10-22)29-31-13-14-39-29/h4-6,9-14,19-21,26,35H,7-8,15-18H2,1-3H3,(H,32,36)/t19-,20-,26-/m1/s1. The van der Waals surface area contributed by atoms with Gasteiger partial charge in [-0.15, -0.1) is 11.3 Å². The minimum absolute atomic E-state index is 0.0138. The van der Waals surface area contributed by atoms with Crippen molar-refractivity contribution in [3.05, 3.63) is 65.2 Å². The lowest BCUT2D eigenvalue weighted by Crippen LogP contribution is -2.50. The molecule has 1 aromatic heterocycles. The van der Waals surface area contributed by atoms with Crippen LogP contribution in [0.2, 0.25) is 0 Å². The lowest BCUT2D eigenvalue weighted by Gasteiger charge is -2.38. The predicted octanol–water partition coefficient (Wildman–Crippen LogP) is 4.62. The van der Waals surface area contributed by atoms with Gasteiger partial charge in [-0.3, -0.25) is 9.59 Å². The van der Waals surface area contributed by atoms with Crippen LogP contribution in [-0.4, -0.2) is 77.1 Å². The first-order valence-electron chi connectivity index (χ1n) is 13.5. The van der Waals surface area contributed by atoms with Crippen LogP contribution in [-0.2, 0) is 0 Å². The number of likely N-dealkylation sites (N-methyl/N-ethyl adjacent to an activating group) is 1. The Hall–Kier alpha value is -3.27. The van der Waals surface area contributed by atoms with E-state index >= 15 is 0 Å². The summed E-state index contributed by atoms with van der Waals surface area (Å²) >= 11 is 1.54. The third kappa shape index (κ3) is 6.32. The number of hydrogen-bond acceptors (Lipinski definition) is 7. The number of para-hydroxylation sites is 1. The van der Waals surface area contributed by atoms with Crippen molar-refractivity contribution in [1.29, 1.82) is 0 Å². The molecule has 8 nitrogen and oxygen atoms in total. The first-order chi connectivity index (χ1) is 18.8. The summed E-state index contributed by atoms with van der Waals surface area (Å²) in [4.78, 5) is 35.3. The smallest absolute Gasteiger partial charge is 0.258 e. The maximum Gasteiger partial charge on any atom is 0.258 e. The summed E-state index contributed by atoms with van der Waals surface area (Å²) in [5.74, 6) is 0.632. The minimum Gasteiger partial charge on any atom is -0.486 e. The monoisotopic (exact) mass is 548 g/mol. The highest BCUT2D eigenvalue weighted by atomic mass is 32.1. The van der Waals surface area contributed by atoms with Gasteiger partial charge in [0.25, 0.3) is 11.8 Å². The fourth-order valence-corrected chi connectivity index (χ4v) is 5.65. The molecule has 2 aromatic carbocycles. The molecule has 1 aliphatic carbocycles. The summed E-state index contributed by atoms with van der Waals surface area (Å²) < 4.78 is 6.62. The summed E-state index contributed by atoms with van der Waals surface area (Å²) in [6, 6.07) is 12.2. The molecule has 2 N–H and O–H groups in total. The lowest BCUT2D eigenvalue weighted by atomic mass is 9.99. The van der Waals surface area contributed by atoms with E-state index in [0.29, 0.717) is 35.7 Å². The van der Waals surface area contributed by atoms with Gasteiger partial charge in [0.15, 0.2) is 5.75 Å². The van der Waals surface area contributed by atoms with Gasteiger partial charge < -0.3 is 25.0 Å². The van der Waals surface area contributed by atoms with Gasteiger partial charge in [0.1, 0.15) is 11.1 Å². The molecule has 206 valence electrons. The summed E-state index contributed by atoms with van der Waals surface area (Å²) in [7, 11) is 2.11. The van der Waals surface area contributed by atoms with Gasteiger partial charge in [0.2, 0.25) is 0 Å². The highest BCUT2D eigenvalue weighted by molar-refractivity contribution is 7.13. The second-order valence-electron chi connectivity index (χ2n) is 10.8. The van der Waals surface area contributed by atoms with Crippen molar-refractivity contribution in [2.45, 2.75) is 38.8 Å². The fourth-order valence-electron chi connectivity index (χ4n) is 5.01. The van der Waals surface area contributed by atoms with Gasteiger partial charge in [-0.1, -0.05) is 25.1 Å². The fraction of sp³-hybridized carbons (Fsp3) is 0.433. The maximum atomic E-state index is 13.7. The second-order valence-corrected chi connectivity index (χ2v) is 11.7. The third-order valence-electron chi connectivity index (χ3n) is 7.52. The van der Waals surface area contributed by atoms with Crippen molar-refractivity contribution in [1.82, 2.24) is 14.8 Å². The van der Waals surface area contributed by atoms with E-state index < -0.39 is 0 Å². The molecule has 2 amide bonds. The molecule has 0 saturated heterocycles. The van der Waals surface area contributed by atoms with E-state index in [1.54, 1.807) is 52.8 Å². The first-order valence-corrected chi connectivity index (χ1v) is 14.4. The van der Waals surface area contributed by atoms with Crippen LogP contribution in [0, 0.1) is 11.8 Å². The molecular formula is C30H36N4O4S. The van der Waals surface area contributed by atoms with Crippen LogP contribution in [0.25, 0.3) is 10.6 Å². The van der Waals surface area contributed by atoms with E-state index in [4.69, 9.17) is 4.74 Å². The van der Waals surface area contributed by atoms with E-state index in [-0.39, 0.29) is 36.5 Å². The Morgan fingerprint density at radius 2 is 2.00 bits per heavy atom. The van der Waals surface area contributed by atoms with E-state index in [2.05, 4.69) is 29.2 Å². The van der Waals surface area contributed by atoms with Gasteiger partial charge in [-0.2, -0.15) is 0 Å². The Morgan fingerprint density at radius 1 is 1.23 bits per heavy atom. The normalized spacial score (nSPS) is 20.1. The third-order valence-corrected chi connectivity index (χ3v) is 8.35. The molecule has 3 atom stereocenters. The number of aromatic nitrogens is 1. The highest BCUT2D eigenvalue weighted by Crippen LogP contribution is 2.36. The summed E-state index contributed by atoms with van der Waals surface area (Å²) in [5.41, 5.74) is 2.28. The van der Waals surface area contributed by atoms with E-state index in [0.717, 1.165) is 23.0 Å². The molecule has 2 heterocycles. The minimum atomic E-state index is -0.342. The average Bonchev–Trinajstić information content (AvgIpc) is 3.57. The molecule has 3 aromatic rings. The number of aliphatic hydroxyl groups excluding tert-OH is 1. The van der Waals surface area contributed by atoms with Crippen molar-refractivity contribution in [3.63, 3.8) is 0 Å². The van der Waals surface area contributed by atoms with Crippen LogP contribution in [0.1, 0.15) is 47.4 Å². The maximum absolute atomic E-state index is 13.7. The molecule has 9 heteroatoms. The largest absolute Gasteiger partial charge is 0.486 e. The Bertz CT molecular complexity index is 1290. The zero-order chi connectivity index (χ0) is 27.5. The highest BCUT2D eigenvalue weighted by Gasteiger charge is 2.35.